The number of aromatic nitrogens is 2. The Morgan fingerprint density at radius 1 is 0.930 bits per heavy atom. The van der Waals surface area contributed by atoms with Crippen LogP contribution in [0, 0.1) is 0 Å². The van der Waals surface area contributed by atoms with Crippen LogP contribution < -0.4 is 11.0 Å². The van der Waals surface area contributed by atoms with Crippen molar-refractivity contribution >= 4 is 27.4 Å². The Hall–Kier alpha value is -1.51. The number of carbonyl (C=O) groups excluding carboxylic acids is 1. The minimum Gasteiger partial charge on any atom is -0.387 e. The molecule has 1 aliphatic heterocycles. The van der Waals surface area contributed by atoms with Crippen LogP contribution >= 0.6 is 15.6 Å². The van der Waals surface area contributed by atoms with Gasteiger partial charge in [-0.25, -0.2) is 13.9 Å². The number of nitrogens with one attached hydrogen (secondary N) is 1. The minimum absolute atomic E-state index is 0.000312. The molecule has 0 radical (unpaired) electrons. The SMILES string of the molecule is CCCCCCCCCCCCCCCCC(=O)Nc1ccn([C@@H]2O[C@H](COP(=O)(O)OP(=O)(O)O)[C@@H](O)[C@H]2O)c(=O)n1. The number of aliphatic hydroxyl groups is 2. The largest absolute Gasteiger partial charge is 0.481 e. The second-order valence-corrected chi connectivity index (χ2v) is 13.6. The van der Waals surface area contributed by atoms with Crippen LogP contribution in [0.25, 0.3) is 0 Å². The van der Waals surface area contributed by atoms with Gasteiger partial charge >= 0.3 is 21.3 Å². The zero-order valence-corrected chi connectivity index (χ0v) is 26.4. The monoisotopic (exact) mass is 655 g/mol. The highest BCUT2D eigenvalue weighted by Crippen LogP contribution is 2.57. The van der Waals surface area contributed by atoms with Crippen LogP contribution in [0.3, 0.4) is 0 Å². The number of anilines is 1. The first-order chi connectivity index (χ1) is 20.3. The molecule has 0 aliphatic carbocycles. The summed E-state index contributed by atoms with van der Waals surface area (Å²) < 4.78 is 36.7. The molecule has 1 unspecified atom stereocenters. The fraction of sp³-hybridized carbons (Fsp3) is 0.808. The number of nitrogens with zero attached hydrogens (tertiary/aromatic N) is 2. The molecule has 6 N–H and O–H groups in total. The van der Waals surface area contributed by atoms with E-state index < -0.39 is 52.5 Å². The number of carbonyl (C=O) groups is 1. The van der Waals surface area contributed by atoms with E-state index in [2.05, 4.69) is 26.1 Å². The molecular formula is C26H47N3O12P2. The molecule has 1 fully saturated rings. The number of rotatable bonds is 22. The lowest BCUT2D eigenvalue weighted by Crippen LogP contribution is -2.36. The van der Waals surface area contributed by atoms with E-state index in [1.54, 1.807) is 0 Å². The third-order valence-electron chi connectivity index (χ3n) is 7.08. The normalized spacial score (nSPS) is 22.0. The molecule has 0 spiro atoms. The van der Waals surface area contributed by atoms with E-state index in [1.807, 2.05) is 0 Å². The molecule has 43 heavy (non-hydrogen) atoms. The fourth-order valence-electron chi connectivity index (χ4n) is 4.78. The van der Waals surface area contributed by atoms with E-state index in [4.69, 9.17) is 14.5 Å². The first-order valence-electron chi connectivity index (χ1n) is 15.0. The highest BCUT2D eigenvalue weighted by atomic mass is 31.3. The van der Waals surface area contributed by atoms with Crippen molar-refractivity contribution in [3.63, 3.8) is 0 Å². The number of hydrogen-bond donors (Lipinski definition) is 6. The quantitative estimate of drug-likeness (QED) is 0.0770. The lowest BCUT2D eigenvalue weighted by atomic mass is 10.0. The third-order valence-corrected chi connectivity index (χ3v) is 9.23. The summed E-state index contributed by atoms with van der Waals surface area (Å²) in [5, 5.41) is 23.1. The second kappa shape index (κ2) is 19.1. The number of unbranched alkanes of at least 4 members (excludes halogenated alkanes) is 13. The molecule has 5 atom stereocenters. The predicted octanol–water partition coefficient (Wildman–Crippen LogP) is 3.90. The third kappa shape index (κ3) is 14.9. The van der Waals surface area contributed by atoms with Crippen molar-refractivity contribution in [3.05, 3.63) is 22.7 Å². The molecule has 1 aliphatic rings. The number of hydrogen-bond acceptors (Lipinski definition) is 10. The summed E-state index contributed by atoms with van der Waals surface area (Å²) in [6, 6.07) is 1.31. The Kier molecular flexibility index (Phi) is 16.7. The summed E-state index contributed by atoms with van der Waals surface area (Å²) in [5.41, 5.74) is -0.912. The van der Waals surface area contributed by atoms with Gasteiger partial charge in [0.25, 0.3) is 0 Å². The van der Waals surface area contributed by atoms with Crippen LogP contribution in [0.1, 0.15) is 109 Å². The van der Waals surface area contributed by atoms with Gasteiger partial charge in [0.15, 0.2) is 6.23 Å². The highest BCUT2D eigenvalue weighted by Gasteiger charge is 2.45. The maximum Gasteiger partial charge on any atom is 0.481 e. The molecule has 17 heteroatoms. The van der Waals surface area contributed by atoms with Crippen molar-refractivity contribution < 1.29 is 52.4 Å². The summed E-state index contributed by atoms with van der Waals surface area (Å²) >= 11 is 0. The number of amides is 1. The van der Waals surface area contributed by atoms with Gasteiger partial charge in [0.2, 0.25) is 5.91 Å². The van der Waals surface area contributed by atoms with Crippen LogP contribution in [-0.4, -0.2) is 65.3 Å². The average molecular weight is 656 g/mol. The Bertz CT molecular complexity index is 1130. The summed E-state index contributed by atoms with van der Waals surface area (Å²) in [6.07, 6.45) is 12.1. The van der Waals surface area contributed by atoms with E-state index in [0.29, 0.717) is 6.42 Å². The van der Waals surface area contributed by atoms with Gasteiger partial charge in [0.05, 0.1) is 6.61 Å². The molecule has 248 valence electrons. The fourth-order valence-corrected chi connectivity index (χ4v) is 6.38. The van der Waals surface area contributed by atoms with Crippen molar-refractivity contribution in [2.75, 3.05) is 11.9 Å². The van der Waals surface area contributed by atoms with Crippen molar-refractivity contribution in [2.24, 2.45) is 0 Å². The van der Waals surface area contributed by atoms with Gasteiger partial charge in [-0.3, -0.25) is 13.9 Å². The van der Waals surface area contributed by atoms with Crippen molar-refractivity contribution in [3.8, 4) is 0 Å². The summed E-state index contributed by atoms with van der Waals surface area (Å²) in [5.74, 6) is -0.292. The Balaban J connectivity index is 1.67. The van der Waals surface area contributed by atoms with Gasteiger partial charge in [-0.05, 0) is 12.5 Å². The maximum atomic E-state index is 12.5. The molecule has 0 bridgehead atoms. The molecule has 1 aromatic rings. The van der Waals surface area contributed by atoms with E-state index in [9.17, 15) is 33.8 Å². The Labute approximate surface area is 251 Å². The number of aliphatic hydroxyl groups excluding tert-OH is 2. The number of ether oxygens (including phenoxy) is 1. The molecule has 2 rings (SSSR count). The van der Waals surface area contributed by atoms with E-state index in [0.717, 1.165) is 23.8 Å². The smallest absolute Gasteiger partial charge is 0.387 e. The summed E-state index contributed by atoms with van der Waals surface area (Å²) in [6.45, 7) is 1.33. The van der Waals surface area contributed by atoms with Gasteiger partial charge in [0.1, 0.15) is 24.1 Å². The number of phosphoric ester groups is 1. The molecule has 1 saturated heterocycles. The molecule has 0 saturated carbocycles. The van der Waals surface area contributed by atoms with Crippen LogP contribution in [0.5, 0.6) is 0 Å². The highest BCUT2D eigenvalue weighted by molar-refractivity contribution is 7.60. The Morgan fingerprint density at radius 2 is 1.47 bits per heavy atom. The molecule has 1 amide bonds. The topological polar surface area (TPSA) is 227 Å². The summed E-state index contributed by atoms with van der Waals surface area (Å²) in [4.78, 5) is 55.3. The zero-order valence-electron chi connectivity index (χ0n) is 24.7. The van der Waals surface area contributed by atoms with Crippen molar-refractivity contribution in [1.29, 1.82) is 0 Å². The number of phosphoric acid groups is 2. The second-order valence-electron chi connectivity index (χ2n) is 10.8. The predicted molar refractivity (Wildman–Crippen MR) is 157 cm³/mol. The minimum atomic E-state index is -5.35. The maximum absolute atomic E-state index is 12.5. The van der Waals surface area contributed by atoms with Gasteiger partial charge in [-0.2, -0.15) is 9.29 Å². The molecule has 0 aromatic carbocycles. The average Bonchev–Trinajstić information content (AvgIpc) is 3.19. The van der Waals surface area contributed by atoms with Crippen molar-refractivity contribution in [1.82, 2.24) is 9.55 Å². The van der Waals surface area contributed by atoms with Crippen molar-refractivity contribution in [2.45, 2.75) is 128 Å². The Morgan fingerprint density at radius 3 is 1.98 bits per heavy atom. The molecule has 2 heterocycles. The van der Waals surface area contributed by atoms with Gasteiger partial charge < -0.3 is 34.9 Å². The zero-order chi connectivity index (χ0) is 31.9. The van der Waals surface area contributed by atoms with Crippen LogP contribution in [0.4, 0.5) is 5.82 Å². The van der Waals surface area contributed by atoms with Crippen LogP contribution in [-0.2, 0) is 27.5 Å². The lowest BCUT2D eigenvalue weighted by Gasteiger charge is -2.18. The van der Waals surface area contributed by atoms with E-state index in [1.165, 1.54) is 76.5 Å². The van der Waals surface area contributed by atoms with Gasteiger partial charge in [-0.1, -0.05) is 90.4 Å². The van der Waals surface area contributed by atoms with Crippen LogP contribution in [0.2, 0.25) is 0 Å². The summed E-state index contributed by atoms with van der Waals surface area (Å²) in [7, 11) is -10.6. The molecular weight excluding hydrogens is 608 g/mol. The molecule has 15 nitrogen and oxygen atoms in total. The standard InChI is InChI=1S/C26H47N3O12P2/c1-2-3-4-5-6-7-8-9-10-11-12-13-14-15-16-22(30)27-21-17-18-29(26(33)28-21)25-24(32)23(31)20(40-25)19-39-43(37,38)41-42(34,35)36/h17-18,20,23-25,31-32H,2-16,19H2,1H3,(H,37,38)(H2,34,35,36)(H,27,28,30,33)/t20-,23-,24-,25-/m1/s1. The first-order valence-corrected chi connectivity index (χ1v) is 18.0. The van der Waals surface area contributed by atoms with Gasteiger partial charge in [-0.15, -0.1) is 0 Å². The lowest BCUT2D eigenvalue weighted by molar-refractivity contribution is -0.116. The first kappa shape index (κ1) is 37.7. The van der Waals surface area contributed by atoms with Gasteiger partial charge in [0, 0.05) is 12.6 Å². The van der Waals surface area contributed by atoms with Crippen LogP contribution in [0.15, 0.2) is 17.1 Å². The van der Waals surface area contributed by atoms with E-state index in [-0.39, 0.29) is 18.1 Å². The van der Waals surface area contributed by atoms with E-state index >= 15 is 0 Å². The molecule has 1 aromatic heterocycles.